The molecule has 1 atom stereocenters. The fourth-order valence-electron chi connectivity index (χ4n) is 4.70. The predicted octanol–water partition coefficient (Wildman–Crippen LogP) is 7.66. The van der Waals surface area contributed by atoms with Gasteiger partial charge < -0.3 is 15.4 Å². The molecule has 0 aliphatic carbocycles. The number of amides is 1. The summed E-state index contributed by atoms with van der Waals surface area (Å²) in [5.74, 6) is -1.43. The summed E-state index contributed by atoms with van der Waals surface area (Å²) in [5.41, 5.74) is 4.00. The minimum atomic E-state index is -1.20. The Morgan fingerprint density at radius 2 is 1.77 bits per heavy atom. The number of carboxylic acids is 1. The van der Waals surface area contributed by atoms with Crippen molar-refractivity contribution in [2.75, 3.05) is 0 Å². The lowest BCUT2D eigenvalue weighted by atomic mass is 9.93. The summed E-state index contributed by atoms with van der Waals surface area (Å²) in [6.07, 6.45) is 1.43. The molecule has 3 N–H and O–H groups in total. The summed E-state index contributed by atoms with van der Waals surface area (Å²) in [7, 11) is 0. The Kier molecular flexibility index (Phi) is 7.43. The van der Waals surface area contributed by atoms with E-state index in [-0.39, 0.29) is 23.0 Å². The van der Waals surface area contributed by atoms with E-state index in [1.54, 1.807) is 36.4 Å². The van der Waals surface area contributed by atoms with Crippen molar-refractivity contribution in [2.45, 2.75) is 25.8 Å². The number of aromatic nitrogens is 2. The summed E-state index contributed by atoms with van der Waals surface area (Å²) >= 11 is 6.63. The van der Waals surface area contributed by atoms with Crippen molar-refractivity contribution in [2.24, 2.45) is 0 Å². The second kappa shape index (κ2) is 11.1. The number of rotatable bonds is 8. The molecule has 0 radical (unpaired) electrons. The van der Waals surface area contributed by atoms with Gasteiger partial charge in [-0.2, -0.15) is 0 Å². The maximum absolute atomic E-state index is 13.4. The van der Waals surface area contributed by atoms with Crippen LogP contribution in [0.5, 0.6) is 0 Å². The van der Waals surface area contributed by atoms with Crippen molar-refractivity contribution in [3.8, 4) is 22.5 Å². The molecule has 4 aromatic carbocycles. The van der Waals surface area contributed by atoms with E-state index in [1.807, 2.05) is 37.3 Å². The Morgan fingerprint density at radius 3 is 2.49 bits per heavy atom. The van der Waals surface area contributed by atoms with Crippen LogP contribution in [-0.2, 0) is 0 Å². The summed E-state index contributed by atoms with van der Waals surface area (Å²) in [4.78, 5) is 33.6. The van der Waals surface area contributed by atoms with Crippen molar-refractivity contribution >= 4 is 34.5 Å². The van der Waals surface area contributed by atoms with Gasteiger partial charge in [-0.1, -0.05) is 67.4 Å². The Morgan fingerprint density at radius 1 is 1.00 bits per heavy atom. The highest BCUT2D eigenvalue weighted by atomic mass is 35.5. The van der Waals surface area contributed by atoms with E-state index < -0.39 is 11.9 Å². The number of imidazole rings is 1. The minimum Gasteiger partial charge on any atom is -0.478 e. The van der Waals surface area contributed by atoms with Gasteiger partial charge in [-0.25, -0.2) is 14.2 Å². The molecule has 5 aromatic rings. The molecule has 196 valence electrons. The highest BCUT2D eigenvalue weighted by molar-refractivity contribution is 6.34. The fourth-order valence-corrected chi connectivity index (χ4v) is 4.98. The van der Waals surface area contributed by atoms with Gasteiger partial charge in [-0.05, 0) is 60.0 Å². The van der Waals surface area contributed by atoms with Gasteiger partial charge >= 0.3 is 5.97 Å². The van der Waals surface area contributed by atoms with Gasteiger partial charge in [-0.3, -0.25) is 4.79 Å². The van der Waals surface area contributed by atoms with Crippen LogP contribution in [0, 0.1) is 5.82 Å². The molecule has 1 unspecified atom stereocenters. The molecule has 0 bridgehead atoms. The first-order valence-electron chi connectivity index (χ1n) is 12.5. The van der Waals surface area contributed by atoms with Crippen LogP contribution in [0.25, 0.3) is 33.5 Å². The van der Waals surface area contributed by atoms with Crippen LogP contribution in [0.4, 0.5) is 4.39 Å². The SMILES string of the molecule is CCCC(NC(=O)c1ccc(-c2c(Cl)cccc2-c2nc3ccccc3[nH]2)c(C(=O)O)c1)c1ccc(F)cc1. The molecule has 0 saturated carbocycles. The Hall–Kier alpha value is -4.49. The molecule has 0 fully saturated rings. The largest absolute Gasteiger partial charge is 0.478 e. The topological polar surface area (TPSA) is 95.1 Å². The van der Waals surface area contributed by atoms with E-state index >= 15 is 0 Å². The van der Waals surface area contributed by atoms with Gasteiger partial charge in [0.25, 0.3) is 5.91 Å². The number of halogens is 2. The van der Waals surface area contributed by atoms with Crippen molar-refractivity contribution in [1.82, 2.24) is 15.3 Å². The van der Waals surface area contributed by atoms with Crippen LogP contribution >= 0.6 is 11.6 Å². The molecule has 1 aromatic heterocycles. The first-order chi connectivity index (χ1) is 18.9. The third-order valence-electron chi connectivity index (χ3n) is 6.59. The molecular weight excluding hydrogens is 517 g/mol. The molecule has 6 nitrogen and oxygen atoms in total. The van der Waals surface area contributed by atoms with Crippen LogP contribution in [0.1, 0.15) is 52.1 Å². The molecule has 0 aliphatic heterocycles. The number of carbonyl (C=O) groups excluding carboxylic acids is 1. The lowest BCUT2D eigenvalue weighted by molar-refractivity contribution is 0.0697. The maximum Gasteiger partial charge on any atom is 0.336 e. The average Bonchev–Trinajstić information content (AvgIpc) is 3.37. The van der Waals surface area contributed by atoms with Gasteiger partial charge in [0, 0.05) is 21.7 Å². The highest BCUT2D eigenvalue weighted by Crippen LogP contribution is 2.39. The molecule has 0 aliphatic rings. The van der Waals surface area contributed by atoms with Gasteiger partial charge in [0.05, 0.1) is 22.6 Å². The van der Waals surface area contributed by atoms with Gasteiger partial charge in [0.15, 0.2) is 0 Å². The summed E-state index contributed by atoms with van der Waals surface area (Å²) in [6, 6.07) is 23.0. The van der Waals surface area contributed by atoms with E-state index in [0.717, 1.165) is 23.0 Å². The molecule has 39 heavy (non-hydrogen) atoms. The number of benzene rings is 4. The van der Waals surface area contributed by atoms with Gasteiger partial charge in [0.2, 0.25) is 0 Å². The number of aromatic amines is 1. The zero-order valence-corrected chi connectivity index (χ0v) is 21.8. The number of nitrogens with zero attached hydrogens (tertiary/aromatic N) is 1. The van der Waals surface area contributed by atoms with E-state index in [0.29, 0.717) is 34.0 Å². The molecule has 1 heterocycles. The van der Waals surface area contributed by atoms with E-state index in [1.165, 1.54) is 18.2 Å². The number of fused-ring (bicyclic) bond motifs is 1. The second-order valence-corrected chi connectivity index (χ2v) is 9.60. The number of carboxylic acid groups (broad SMARTS) is 1. The quantitative estimate of drug-likeness (QED) is 0.188. The van der Waals surface area contributed by atoms with Crippen LogP contribution in [0.15, 0.2) is 84.9 Å². The monoisotopic (exact) mass is 541 g/mol. The van der Waals surface area contributed by atoms with Crippen LogP contribution in [0.2, 0.25) is 5.02 Å². The van der Waals surface area contributed by atoms with Gasteiger partial charge in [0.1, 0.15) is 11.6 Å². The van der Waals surface area contributed by atoms with Gasteiger partial charge in [-0.15, -0.1) is 0 Å². The average molecular weight is 542 g/mol. The first-order valence-corrected chi connectivity index (χ1v) is 12.9. The highest BCUT2D eigenvalue weighted by Gasteiger charge is 2.23. The van der Waals surface area contributed by atoms with Crippen molar-refractivity contribution < 1.29 is 19.1 Å². The van der Waals surface area contributed by atoms with E-state index in [9.17, 15) is 19.1 Å². The Bertz CT molecular complexity index is 1650. The van der Waals surface area contributed by atoms with Crippen molar-refractivity contribution in [3.05, 3.63) is 112 Å². The molecule has 1 amide bonds. The minimum absolute atomic E-state index is 0.0677. The standard InChI is InChI=1S/C31H25ClFN3O3/c1-2-6-25(18-11-14-20(33)15-12-18)36-30(37)19-13-16-21(23(17-19)31(38)39)28-22(7-5-8-24(28)32)29-34-26-9-3-4-10-27(26)35-29/h3-5,7-17,25H,2,6H2,1H3,(H,34,35)(H,36,37)(H,38,39). The van der Waals surface area contributed by atoms with E-state index in [2.05, 4.69) is 15.3 Å². The zero-order valence-electron chi connectivity index (χ0n) is 21.0. The maximum atomic E-state index is 13.4. The Balaban J connectivity index is 1.54. The smallest absolute Gasteiger partial charge is 0.336 e. The number of aromatic carboxylic acids is 1. The third kappa shape index (κ3) is 5.40. The molecule has 5 rings (SSSR count). The molecule has 0 spiro atoms. The second-order valence-electron chi connectivity index (χ2n) is 9.20. The summed E-state index contributed by atoms with van der Waals surface area (Å²) < 4.78 is 13.4. The lowest BCUT2D eigenvalue weighted by Crippen LogP contribution is -2.28. The van der Waals surface area contributed by atoms with Crippen molar-refractivity contribution in [3.63, 3.8) is 0 Å². The fraction of sp³-hybridized carbons (Fsp3) is 0.129. The summed E-state index contributed by atoms with van der Waals surface area (Å²) in [6.45, 7) is 1.99. The number of H-pyrrole nitrogens is 1. The number of hydrogen-bond donors (Lipinski definition) is 3. The predicted molar refractivity (Wildman–Crippen MR) is 150 cm³/mol. The normalized spacial score (nSPS) is 11.9. The lowest BCUT2D eigenvalue weighted by Gasteiger charge is -2.19. The number of carbonyl (C=O) groups is 2. The van der Waals surface area contributed by atoms with Crippen LogP contribution in [0.3, 0.4) is 0 Å². The number of hydrogen-bond acceptors (Lipinski definition) is 3. The van der Waals surface area contributed by atoms with Crippen LogP contribution < -0.4 is 5.32 Å². The van der Waals surface area contributed by atoms with Crippen molar-refractivity contribution in [1.29, 1.82) is 0 Å². The zero-order chi connectivity index (χ0) is 27.5. The number of para-hydroxylation sites is 2. The number of nitrogens with one attached hydrogen (secondary N) is 2. The molecular formula is C31H25ClFN3O3. The molecule has 8 heteroatoms. The first kappa shape index (κ1) is 26.1. The van der Waals surface area contributed by atoms with Crippen LogP contribution in [-0.4, -0.2) is 27.0 Å². The summed E-state index contributed by atoms with van der Waals surface area (Å²) in [5, 5.41) is 13.5. The third-order valence-corrected chi connectivity index (χ3v) is 6.91. The Labute approximate surface area is 229 Å². The van der Waals surface area contributed by atoms with E-state index in [4.69, 9.17) is 11.6 Å². The molecule has 0 saturated heterocycles.